The van der Waals surface area contributed by atoms with Gasteiger partial charge < -0.3 is 10.6 Å². The summed E-state index contributed by atoms with van der Waals surface area (Å²) in [6, 6.07) is 8.70. The number of rotatable bonds is 4. The molecule has 0 unspecified atom stereocenters. The molecule has 1 fully saturated rings. The minimum atomic E-state index is -4.42. The van der Waals surface area contributed by atoms with Crippen molar-refractivity contribution in [3.05, 3.63) is 60.9 Å². The molecule has 0 radical (unpaired) electrons. The fourth-order valence-electron chi connectivity index (χ4n) is 4.38. The molecule has 0 spiro atoms. The first kappa shape index (κ1) is 23.0. The SMILES string of the molecule is C=CC(=O)N1CCC[C@@H](n2nc(-c3ccc(-c4cccc(C(F)(F)F)c4)s3)c3c(N)ncnc32)C1. The van der Waals surface area contributed by atoms with Crippen LogP contribution in [0.3, 0.4) is 0 Å². The third-order valence-corrected chi connectivity index (χ3v) is 7.20. The number of nitrogen functional groups attached to an aromatic ring is 1. The Kier molecular flexibility index (Phi) is 5.79. The summed E-state index contributed by atoms with van der Waals surface area (Å²) in [5.74, 6) is 0.129. The summed E-state index contributed by atoms with van der Waals surface area (Å²) >= 11 is 1.32. The number of anilines is 1. The van der Waals surface area contributed by atoms with Gasteiger partial charge in [0.2, 0.25) is 5.91 Å². The summed E-state index contributed by atoms with van der Waals surface area (Å²) in [7, 11) is 0. The number of hydrogen-bond acceptors (Lipinski definition) is 6. The predicted octanol–water partition coefficient (Wildman–Crippen LogP) is 5.17. The number of fused-ring (bicyclic) bond motifs is 1. The summed E-state index contributed by atoms with van der Waals surface area (Å²) in [6.45, 7) is 4.69. The van der Waals surface area contributed by atoms with E-state index in [2.05, 4.69) is 16.5 Å². The molecule has 1 aromatic carbocycles. The average Bonchev–Trinajstić information content (AvgIpc) is 3.49. The second kappa shape index (κ2) is 8.81. The molecule has 3 aromatic heterocycles. The summed E-state index contributed by atoms with van der Waals surface area (Å²) in [5, 5.41) is 5.41. The molecular weight excluding hydrogens is 477 g/mol. The van der Waals surface area contributed by atoms with E-state index < -0.39 is 11.7 Å². The lowest BCUT2D eigenvalue weighted by molar-refractivity contribution is -0.137. The van der Waals surface area contributed by atoms with Crippen molar-refractivity contribution < 1.29 is 18.0 Å². The molecule has 1 saturated heterocycles. The van der Waals surface area contributed by atoms with E-state index in [1.54, 1.807) is 21.7 Å². The molecule has 1 aliphatic heterocycles. The number of carbonyl (C=O) groups is 1. The molecule has 4 heterocycles. The van der Waals surface area contributed by atoms with Crippen molar-refractivity contribution in [1.82, 2.24) is 24.6 Å². The van der Waals surface area contributed by atoms with Crippen LogP contribution in [0, 0.1) is 0 Å². The van der Waals surface area contributed by atoms with Crippen LogP contribution in [0.1, 0.15) is 24.4 Å². The van der Waals surface area contributed by atoms with Gasteiger partial charge in [-0.15, -0.1) is 11.3 Å². The third kappa shape index (κ3) is 4.27. The molecule has 0 aliphatic carbocycles. The first-order chi connectivity index (χ1) is 16.8. The van der Waals surface area contributed by atoms with E-state index in [1.807, 2.05) is 6.07 Å². The molecule has 180 valence electrons. The molecule has 5 rings (SSSR count). The molecule has 11 heteroatoms. The first-order valence-electron chi connectivity index (χ1n) is 10.9. The fraction of sp³-hybridized carbons (Fsp3) is 0.250. The molecule has 35 heavy (non-hydrogen) atoms. The number of halogens is 3. The number of piperidine rings is 1. The maximum absolute atomic E-state index is 13.2. The second-order valence-electron chi connectivity index (χ2n) is 8.28. The van der Waals surface area contributed by atoms with Crippen molar-refractivity contribution in [2.75, 3.05) is 18.8 Å². The van der Waals surface area contributed by atoms with Gasteiger partial charge >= 0.3 is 6.18 Å². The van der Waals surface area contributed by atoms with Gasteiger partial charge in [0.25, 0.3) is 0 Å². The molecule has 0 bridgehead atoms. The highest BCUT2D eigenvalue weighted by Crippen LogP contribution is 2.40. The molecule has 1 aliphatic rings. The van der Waals surface area contributed by atoms with Crippen LogP contribution in [0.2, 0.25) is 0 Å². The number of benzene rings is 1. The van der Waals surface area contributed by atoms with Gasteiger partial charge in [0, 0.05) is 18.0 Å². The topological polar surface area (TPSA) is 89.9 Å². The number of likely N-dealkylation sites (tertiary alicyclic amines) is 1. The van der Waals surface area contributed by atoms with E-state index in [0.29, 0.717) is 40.3 Å². The monoisotopic (exact) mass is 498 g/mol. The largest absolute Gasteiger partial charge is 0.416 e. The fourth-order valence-corrected chi connectivity index (χ4v) is 5.37. The standard InChI is InChI=1S/C24H21F3N6OS/c1-2-19(34)32-10-4-7-16(12-32)33-23-20(22(28)29-13-30-23)21(31-33)18-9-8-17(35-18)14-5-3-6-15(11-14)24(25,26)27/h2-3,5-6,8-9,11,13,16H,1,4,7,10,12H2,(H2,28,29,30)/t16-/m1/s1. The lowest BCUT2D eigenvalue weighted by Crippen LogP contribution is -2.40. The van der Waals surface area contributed by atoms with Crippen LogP contribution < -0.4 is 5.73 Å². The van der Waals surface area contributed by atoms with E-state index in [1.165, 1.54) is 29.8 Å². The van der Waals surface area contributed by atoms with Gasteiger partial charge in [0.1, 0.15) is 17.8 Å². The normalized spacial score (nSPS) is 16.5. The minimum absolute atomic E-state index is 0.110. The molecule has 4 aromatic rings. The molecular formula is C24H21F3N6OS. The van der Waals surface area contributed by atoms with Gasteiger partial charge in [0.15, 0.2) is 5.65 Å². The number of thiophene rings is 1. The van der Waals surface area contributed by atoms with Crippen LogP contribution in [-0.4, -0.2) is 43.6 Å². The number of hydrogen-bond donors (Lipinski definition) is 1. The van der Waals surface area contributed by atoms with Gasteiger partial charge in [-0.1, -0.05) is 18.7 Å². The zero-order valence-electron chi connectivity index (χ0n) is 18.5. The quantitative estimate of drug-likeness (QED) is 0.392. The van der Waals surface area contributed by atoms with E-state index in [-0.39, 0.29) is 17.8 Å². The zero-order chi connectivity index (χ0) is 24.7. The van der Waals surface area contributed by atoms with Crippen molar-refractivity contribution >= 4 is 34.1 Å². The maximum Gasteiger partial charge on any atom is 0.416 e. The summed E-state index contributed by atoms with van der Waals surface area (Å²) in [6.07, 6.45) is -0.132. The molecule has 2 N–H and O–H groups in total. The number of aromatic nitrogens is 4. The average molecular weight is 499 g/mol. The number of alkyl halides is 3. The molecule has 7 nitrogen and oxygen atoms in total. The van der Waals surface area contributed by atoms with Crippen molar-refractivity contribution in [3.63, 3.8) is 0 Å². The van der Waals surface area contributed by atoms with Crippen LogP contribution in [0.4, 0.5) is 19.0 Å². The van der Waals surface area contributed by atoms with E-state index >= 15 is 0 Å². The van der Waals surface area contributed by atoms with Gasteiger partial charge in [-0.2, -0.15) is 18.3 Å². The predicted molar refractivity (Wildman–Crippen MR) is 129 cm³/mol. The van der Waals surface area contributed by atoms with Crippen molar-refractivity contribution in [3.8, 4) is 21.0 Å². The third-order valence-electron chi connectivity index (χ3n) is 6.06. The summed E-state index contributed by atoms with van der Waals surface area (Å²) in [5.41, 5.74) is 7.10. The Balaban J connectivity index is 1.56. The van der Waals surface area contributed by atoms with Crippen LogP contribution >= 0.6 is 11.3 Å². The number of carbonyl (C=O) groups excluding carboxylic acids is 1. The van der Waals surface area contributed by atoms with Gasteiger partial charge in [-0.05, 0) is 48.7 Å². The zero-order valence-corrected chi connectivity index (χ0v) is 19.3. The lowest BCUT2D eigenvalue weighted by atomic mass is 10.1. The highest BCUT2D eigenvalue weighted by molar-refractivity contribution is 7.18. The molecule has 0 saturated carbocycles. The Hall–Kier alpha value is -3.73. The van der Waals surface area contributed by atoms with Gasteiger partial charge in [-0.3, -0.25) is 4.79 Å². The Morgan fingerprint density at radius 1 is 1.20 bits per heavy atom. The van der Waals surface area contributed by atoms with Gasteiger partial charge in [0.05, 0.1) is 21.9 Å². The van der Waals surface area contributed by atoms with Crippen molar-refractivity contribution in [1.29, 1.82) is 0 Å². The summed E-state index contributed by atoms with van der Waals surface area (Å²) in [4.78, 5) is 23.9. The van der Waals surface area contributed by atoms with Crippen LogP contribution in [-0.2, 0) is 11.0 Å². The van der Waals surface area contributed by atoms with Crippen LogP contribution in [0.5, 0.6) is 0 Å². The number of nitrogens with two attached hydrogens (primary N) is 1. The number of nitrogens with zero attached hydrogens (tertiary/aromatic N) is 5. The van der Waals surface area contributed by atoms with E-state index in [0.717, 1.165) is 29.9 Å². The summed E-state index contributed by atoms with van der Waals surface area (Å²) < 4.78 is 41.3. The number of amides is 1. The van der Waals surface area contributed by atoms with Crippen LogP contribution in [0.25, 0.3) is 32.0 Å². The van der Waals surface area contributed by atoms with Crippen molar-refractivity contribution in [2.24, 2.45) is 0 Å². The first-order valence-corrected chi connectivity index (χ1v) is 11.8. The van der Waals surface area contributed by atoms with Crippen LogP contribution in [0.15, 0.2) is 55.4 Å². The van der Waals surface area contributed by atoms with E-state index in [4.69, 9.17) is 10.8 Å². The minimum Gasteiger partial charge on any atom is -0.383 e. The smallest absolute Gasteiger partial charge is 0.383 e. The second-order valence-corrected chi connectivity index (χ2v) is 9.36. The van der Waals surface area contributed by atoms with Gasteiger partial charge in [-0.25, -0.2) is 14.6 Å². The highest BCUT2D eigenvalue weighted by atomic mass is 32.1. The highest BCUT2D eigenvalue weighted by Gasteiger charge is 2.31. The van der Waals surface area contributed by atoms with E-state index in [9.17, 15) is 18.0 Å². The van der Waals surface area contributed by atoms with Crippen molar-refractivity contribution in [2.45, 2.75) is 25.1 Å². The lowest BCUT2D eigenvalue weighted by Gasteiger charge is -2.32. The Morgan fingerprint density at radius 2 is 2.00 bits per heavy atom. The Morgan fingerprint density at radius 3 is 2.77 bits per heavy atom. The Bertz CT molecular complexity index is 1430. The Labute approximate surface area is 202 Å². The molecule has 1 amide bonds. The maximum atomic E-state index is 13.2. The molecule has 1 atom stereocenters.